The van der Waals surface area contributed by atoms with E-state index in [0.717, 1.165) is 63.3 Å². The molecule has 0 saturated heterocycles. The average molecular weight is 430 g/mol. The van der Waals surface area contributed by atoms with Gasteiger partial charge in [0.05, 0.1) is 11.1 Å². The van der Waals surface area contributed by atoms with Crippen LogP contribution in [0.5, 0.6) is 0 Å². The molecule has 0 saturated carbocycles. The van der Waals surface area contributed by atoms with E-state index >= 15 is 0 Å². The van der Waals surface area contributed by atoms with Crippen LogP contribution < -0.4 is 10.7 Å². The molecule has 0 amide bonds. The predicted molar refractivity (Wildman–Crippen MR) is 136 cm³/mol. The van der Waals surface area contributed by atoms with Crippen molar-refractivity contribution < 1.29 is 0 Å². The highest BCUT2D eigenvalue weighted by molar-refractivity contribution is 7.25. The largest absolute Gasteiger partial charge is 0.383 e. The molecule has 1 N–H and O–H groups in total. The lowest BCUT2D eigenvalue weighted by Gasteiger charge is -2.19. The number of nitrogens with one attached hydrogen (secondary N) is 1. The summed E-state index contributed by atoms with van der Waals surface area (Å²) in [6.07, 6.45) is 1.86. The predicted octanol–water partition coefficient (Wildman–Crippen LogP) is 5.92. The Morgan fingerprint density at radius 2 is 1.71 bits per heavy atom. The van der Waals surface area contributed by atoms with Crippen LogP contribution in [-0.4, -0.2) is 37.3 Å². The molecule has 0 atom stereocenters. The molecule has 31 heavy (non-hydrogen) atoms. The third-order valence-electron chi connectivity index (χ3n) is 5.51. The summed E-state index contributed by atoms with van der Waals surface area (Å²) in [5, 5.41) is 5.03. The summed E-state index contributed by atoms with van der Waals surface area (Å²) in [5.41, 5.74) is 2.82. The van der Waals surface area contributed by atoms with Gasteiger partial charge in [-0.25, -0.2) is 0 Å². The summed E-state index contributed by atoms with van der Waals surface area (Å²) >= 11 is 1.65. The SMILES string of the molecule is CCN(CC)CCNc1ccc(/C=N/c2ccccc2)c2sc3ccccc3c(=O)c12. The van der Waals surface area contributed by atoms with Gasteiger partial charge in [-0.3, -0.25) is 9.79 Å². The topological polar surface area (TPSA) is 44.7 Å². The van der Waals surface area contributed by atoms with Crippen molar-refractivity contribution in [2.45, 2.75) is 13.8 Å². The number of likely N-dealkylation sites (N-methyl/N-ethyl adjacent to an activating group) is 1. The zero-order chi connectivity index (χ0) is 21.6. The Balaban J connectivity index is 1.79. The number of hydrogen-bond acceptors (Lipinski definition) is 5. The second-order valence-electron chi connectivity index (χ2n) is 7.38. The van der Waals surface area contributed by atoms with E-state index in [1.54, 1.807) is 11.3 Å². The van der Waals surface area contributed by atoms with Gasteiger partial charge in [0.25, 0.3) is 0 Å². The maximum Gasteiger partial charge on any atom is 0.197 e. The van der Waals surface area contributed by atoms with Crippen molar-refractivity contribution in [1.29, 1.82) is 0 Å². The van der Waals surface area contributed by atoms with Crippen LogP contribution in [0, 0.1) is 0 Å². The molecule has 0 aliphatic carbocycles. The van der Waals surface area contributed by atoms with Gasteiger partial charge in [0.2, 0.25) is 0 Å². The van der Waals surface area contributed by atoms with Gasteiger partial charge in [0.15, 0.2) is 5.43 Å². The quantitative estimate of drug-likeness (QED) is 0.279. The van der Waals surface area contributed by atoms with E-state index in [0.29, 0.717) is 0 Å². The van der Waals surface area contributed by atoms with Gasteiger partial charge in [-0.15, -0.1) is 11.3 Å². The summed E-state index contributed by atoms with van der Waals surface area (Å²) in [6.45, 7) is 8.12. The maximum absolute atomic E-state index is 13.5. The first kappa shape index (κ1) is 21.2. The van der Waals surface area contributed by atoms with Crippen molar-refractivity contribution in [2.75, 3.05) is 31.5 Å². The van der Waals surface area contributed by atoms with Crippen LogP contribution in [-0.2, 0) is 0 Å². The number of benzene rings is 3. The second kappa shape index (κ2) is 9.86. The lowest BCUT2D eigenvalue weighted by Crippen LogP contribution is -2.28. The van der Waals surface area contributed by atoms with Crippen molar-refractivity contribution >= 4 is 49.1 Å². The molecular weight excluding hydrogens is 402 g/mol. The Hall–Kier alpha value is -3.02. The Bertz CT molecular complexity index is 1260. The molecule has 158 valence electrons. The van der Waals surface area contributed by atoms with E-state index in [1.165, 1.54) is 0 Å². The Morgan fingerprint density at radius 3 is 2.48 bits per heavy atom. The van der Waals surface area contributed by atoms with Gasteiger partial charge < -0.3 is 10.2 Å². The number of fused-ring (bicyclic) bond motifs is 2. The van der Waals surface area contributed by atoms with E-state index in [9.17, 15) is 4.79 Å². The molecule has 0 bridgehead atoms. The first-order chi connectivity index (χ1) is 15.2. The molecule has 3 aromatic carbocycles. The number of aliphatic imine (C=N–C) groups is 1. The summed E-state index contributed by atoms with van der Waals surface area (Å²) in [5.74, 6) is 0. The highest BCUT2D eigenvalue weighted by Gasteiger charge is 2.13. The maximum atomic E-state index is 13.5. The molecule has 0 aliphatic heterocycles. The van der Waals surface area contributed by atoms with Gasteiger partial charge >= 0.3 is 0 Å². The molecule has 4 nitrogen and oxygen atoms in total. The number of anilines is 1. The van der Waals surface area contributed by atoms with Crippen molar-refractivity contribution in [3.8, 4) is 0 Å². The third-order valence-corrected chi connectivity index (χ3v) is 6.73. The van der Waals surface area contributed by atoms with Crippen molar-refractivity contribution in [3.63, 3.8) is 0 Å². The van der Waals surface area contributed by atoms with Gasteiger partial charge in [0, 0.05) is 45.3 Å². The second-order valence-corrected chi connectivity index (χ2v) is 8.43. The van der Waals surface area contributed by atoms with Crippen molar-refractivity contribution in [2.24, 2.45) is 4.99 Å². The van der Waals surface area contributed by atoms with Crippen molar-refractivity contribution in [1.82, 2.24) is 4.90 Å². The minimum absolute atomic E-state index is 0.0738. The van der Waals surface area contributed by atoms with Gasteiger partial charge in [-0.1, -0.05) is 44.2 Å². The molecule has 1 aromatic heterocycles. The summed E-state index contributed by atoms with van der Waals surface area (Å²) in [4.78, 5) is 20.4. The van der Waals surface area contributed by atoms with E-state index in [-0.39, 0.29) is 5.43 Å². The number of nitrogens with zero attached hydrogens (tertiary/aromatic N) is 2. The van der Waals surface area contributed by atoms with Crippen LogP contribution in [0.15, 0.2) is 76.5 Å². The van der Waals surface area contributed by atoms with Crippen LogP contribution in [0.3, 0.4) is 0 Å². The van der Waals surface area contributed by atoms with Crippen LogP contribution in [0.2, 0.25) is 0 Å². The van der Waals surface area contributed by atoms with Crippen LogP contribution in [0.25, 0.3) is 20.2 Å². The molecule has 0 spiro atoms. The standard InChI is InChI=1S/C26H27N3OS/c1-3-29(4-2)17-16-27-22-15-14-19(18-28-20-10-6-5-7-11-20)26-24(22)25(30)21-12-8-9-13-23(21)31-26/h5-15,18,27H,3-4,16-17H2,1-2H3/b28-18+. The molecule has 4 rings (SSSR count). The zero-order valence-electron chi connectivity index (χ0n) is 18.0. The van der Waals surface area contributed by atoms with Gasteiger partial charge in [0.1, 0.15) is 0 Å². The molecule has 1 heterocycles. The van der Waals surface area contributed by atoms with Crippen LogP contribution in [0.1, 0.15) is 19.4 Å². The van der Waals surface area contributed by atoms with Crippen molar-refractivity contribution in [3.05, 3.63) is 82.5 Å². The monoisotopic (exact) mass is 429 g/mol. The fourth-order valence-corrected chi connectivity index (χ4v) is 4.90. The number of hydrogen-bond donors (Lipinski definition) is 1. The zero-order valence-corrected chi connectivity index (χ0v) is 18.8. The third kappa shape index (κ3) is 4.68. The smallest absolute Gasteiger partial charge is 0.197 e. The number of rotatable bonds is 8. The van der Waals surface area contributed by atoms with E-state index in [4.69, 9.17) is 0 Å². The molecule has 0 unspecified atom stereocenters. The highest BCUT2D eigenvalue weighted by Crippen LogP contribution is 2.31. The van der Waals surface area contributed by atoms with Crippen LogP contribution in [0.4, 0.5) is 11.4 Å². The minimum atomic E-state index is 0.0738. The lowest BCUT2D eigenvalue weighted by atomic mass is 10.1. The fourth-order valence-electron chi connectivity index (χ4n) is 3.72. The lowest BCUT2D eigenvalue weighted by molar-refractivity contribution is 0.316. The Kier molecular flexibility index (Phi) is 6.75. The fraction of sp³-hybridized carbons (Fsp3) is 0.231. The molecule has 5 heteroatoms. The van der Waals surface area contributed by atoms with E-state index in [2.05, 4.69) is 35.1 Å². The van der Waals surface area contributed by atoms with Crippen LogP contribution >= 0.6 is 11.3 Å². The Labute approximate surface area is 186 Å². The Morgan fingerprint density at radius 1 is 0.968 bits per heavy atom. The van der Waals surface area contributed by atoms with E-state index in [1.807, 2.05) is 66.9 Å². The van der Waals surface area contributed by atoms with E-state index < -0.39 is 0 Å². The number of para-hydroxylation sites is 1. The minimum Gasteiger partial charge on any atom is -0.383 e. The first-order valence-electron chi connectivity index (χ1n) is 10.7. The summed E-state index contributed by atoms with van der Waals surface area (Å²) < 4.78 is 1.96. The van der Waals surface area contributed by atoms with Gasteiger partial charge in [-0.2, -0.15) is 0 Å². The summed E-state index contributed by atoms with van der Waals surface area (Å²) in [6, 6.07) is 21.8. The molecule has 4 aromatic rings. The molecule has 0 fully saturated rings. The normalized spacial score (nSPS) is 11.7. The first-order valence-corrected chi connectivity index (χ1v) is 11.6. The summed E-state index contributed by atoms with van der Waals surface area (Å²) in [7, 11) is 0. The molecule has 0 aliphatic rings. The molecular formula is C26H27N3OS. The highest BCUT2D eigenvalue weighted by atomic mass is 32.1. The average Bonchev–Trinajstić information content (AvgIpc) is 2.82. The molecule has 0 radical (unpaired) electrons. The van der Waals surface area contributed by atoms with Gasteiger partial charge in [-0.05, 0) is 49.5 Å².